The van der Waals surface area contributed by atoms with Gasteiger partial charge in [0.15, 0.2) is 0 Å². The number of para-hydroxylation sites is 1. The summed E-state index contributed by atoms with van der Waals surface area (Å²) in [4.78, 5) is 16.7. The Kier molecular flexibility index (Phi) is 3.69. The third kappa shape index (κ3) is 2.54. The molecule has 2 aromatic rings. The molecule has 0 spiro atoms. The minimum absolute atomic E-state index is 0.162. The van der Waals surface area contributed by atoms with Crippen LogP contribution >= 0.6 is 0 Å². The van der Waals surface area contributed by atoms with Gasteiger partial charge < -0.3 is 9.80 Å². The van der Waals surface area contributed by atoms with Crippen LogP contribution in [0.2, 0.25) is 0 Å². The van der Waals surface area contributed by atoms with Gasteiger partial charge in [-0.2, -0.15) is 5.10 Å². The summed E-state index contributed by atoms with van der Waals surface area (Å²) in [5, 5.41) is 5.40. The lowest BCUT2D eigenvalue weighted by molar-refractivity contribution is -0.133. The molecule has 0 unspecified atom stereocenters. The number of nitrogens with zero attached hydrogens (tertiary/aromatic N) is 4. The second-order valence-electron chi connectivity index (χ2n) is 5.18. The third-order valence-corrected chi connectivity index (χ3v) is 4.01. The maximum atomic E-state index is 12.4. The highest BCUT2D eigenvalue weighted by molar-refractivity contribution is 5.82. The first-order valence-corrected chi connectivity index (χ1v) is 7.18. The van der Waals surface area contributed by atoms with Gasteiger partial charge in [0.05, 0.1) is 11.7 Å². The van der Waals surface area contributed by atoms with E-state index >= 15 is 0 Å². The average Bonchev–Trinajstić information content (AvgIpc) is 2.91. The van der Waals surface area contributed by atoms with E-state index in [1.54, 1.807) is 4.68 Å². The van der Waals surface area contributed by atoms with Crippen molar-refractivity contribution in [1.82, 2.24) is 19.6 Å². The molecule has 106 valence electrons. The van der Waals surface area contributed by atoms with E-state index in [0.29, 0.717) is 6.54 Å². The molecule has 1 aromatic carbocycles. The largest absolute Gasteiger partial charge is 0.339 e. The number of piperazine rings is 1. The Bertz CT molecular complexity index is 599. The summed E-state index contributed by atoms with van der Waals surface area (Å²) >= 11 is 0. The predicted octanol–water partition coefficient (Wildman–Crippen LogP) is 1.20. The highest BCUT2D eigenvalue weighted by atomic mass is 16.2. The van der Waals surface area contributed by atoms with Crippen LogP contribution in [0.3, 0.4) is 0 Å². The fraction of sp³-hybridized carbons (Fsp3) is 0.467. The van der Waals surface area contributed by atoms with Crippen molar-refractivity contribution in [2.24, 2.45) is 0 Å². The summed E-state index contributed by atoms with van der Waals surface area (Å²) in [6, 6.07) is 7.99. The number of rotatable bonds is 3. The Morgan fingerprint density at radius 1 is 1.20 bits per heavy atom. The van der Waals surface area contributed by atoms with Gasteiger partial charge in [-0.1, -0.05) is 25.1 Å². The minimum atomic E-state index is 0.162. The molecule has 1 aliphatic rings. The first-order chi connectivity index (χ1) is 9.78. The summed E-state index contributed by atoms with van der Waals surface area (Å²) in [5.74, 6) is 0.162. The Morgan fingerprint density at radius 3 is 2.70 bits per heavy atom. The van der Waals surface area contributed by atoms with Gasteiger partial charge in [-0.3, -0.25) is 9.48 Å². The molecule has 0 N–H and O–H groups in total. The summed E-state index contributed by atoms with van der Waals surface area (Å²) < 4.78 is 1.80. The van der Waals surface area contributed by atoms with E-state index in [9.17, 15) is 4.79 Å². The molecule has 5 heteroatoms. The van der Waals surface area contributed by atoms with E-state index in [1.807, 2.05) is 35.4 Å². The van der Waals surface area contributed by atoms with E-state index in [1.165, 1.54) is 0 Å². The van der Waals surface area contributed by atoms with E-state index in [0.717, 1.165) is 43.6 Å². The molecule has 1 saturated heterocycles. The number of carbonyl (C=O) groups is 1. The van der Waals surface area contributed by atoms with Crippen molar-refractivity contribution in [3.63, 3.8) is 0 Å². The lowest BCUT2D eigenvalue weighted by Gasteiger charge is -2.34. The highest BCUT2D eigenvalue weighted by Crippen LogP contribution is 2.13. The minimum Gasteiger partial charge on any atom is -0.339 e. The monoisotopic (exact) mass is 272 g/mol. The fourth-order valence-electron chi connectivity index (χ4n) is 2.69. The van der Waals surface area contributed by atoms with Crippen molar-refractivity contribution in [2.45, 2.75) is 13.5 Å². The molecule has 1 aromatic heterocycles. The zero-order chi connectivity index (χ0) is 13.9. The van der Waals surface area contributed by atoms with E-state index < -0.39 is 0 Å². The van der Waals surface area contributed by atoms with Crippen LogP contribution in [0.5, 0.6) is 0 Å². The topological polar surface area (TPSA) is 41.4 Å². The molecule has 2 heterocycles. The summed E-state index contributed by atoms with van der Waals surface area (Å²) in [7, 11) is 0. The van der Waals surface area contributed by atoms with Crippen molar-refractivity contribution >= 4 is 16.8 Å². The summed E-state index contributed by atoms with van der Waals surface area (Å²) in [5.41, 5.74) is 1.02. The number of aromatic nitrogens is 2. The molecule has 3 rings (SSSR count). The van der Waals surface area contributed by atoms with Gasteiger partial charge >= 0.3 is 0 Å². The average molecular weight is 272 g/mol. The molecule has 5 nitrogen and oxygen atoms in total. The maximum Gasteiger partial charge on any atom is 0.244 e. The van der Waals surface area contributed by atoms with E-state index in [2.05, 4.69) is 16.9 Å². The van der Waals surface area contributed by atoms with Gasteiger partial charge in [0, 0.05) is 31.6 Å². The zero-order valence-corrected chi connectivity index (χ0v) is 11.8. The summed E-state index contributed by atoms with van der Waals surface area (Å²) in [6.45, 7) is 7.15. The maximum absolute atomic E-state index is 12.4. The second kappa shape index (κ2) is 5.63. The Balaban J connectivity index is 1.67. The van der Waals surface area contributed by atoms with Gasteiger partial charge in [-0.15, -0.1) is 0 Å². The second-order valence-corrected chi connectivity index (χ2v) is 5.18. The molecular weight excluding hydrogens is 252 g/mol. The number of fused-ring (bicyclic) bond motifs is 1. The molecule has 0 radical (unpaired) electrons. The Labute approximate surface area is 118 Å². The van der Waals surface area contributed by atoms with Crippen LogP contribution in [0.15, 0.2) is 30.5 Å². The molecule has 20 heavy (non-hydrogen) atoms. The van der Waals surface area contributed by atoms with Gasteiger partial charge in [0.1, 0.15) is 6.54 Å². The van der Waals surface area contributed by atoms with Crippen LogP contribution in [0, 0.1) is 0 Å². The quantitative estimate of drug-likeness (QED) is 0.843. The number of hydrogen-bond acceptors (Lipinski definition) is 3. The number of benzene rings is 1. The van der Waals surface area contributed by atoms with Crippen LogP contribution in [-0.4, -0.2) is 58.2 Å². The van der Waals surface area contributed by atoms with Crippen molar-refractivity contribution in [1.29, 1.82) is 0 Å². The third-order valence-electron chi connectivity index (χ3n) is 4.01. The number of amides is 1. The van der Waals surface area contributed by atoms with Crippen molar-refractivity contribution in [3.8, 4) is 0 Å². The number of carbonyl (C=O) groups excluding carboxylic acids is 1. The zero-order valence-electron chi connectivity index (χ0n) is 11.8. The lowest BCUT2D eigenvalue weighted by Crippen LogP contribution is -2.49. The molecular formula is C15H20N4O. The molecule has 1 amide bonds. The van der Waals surface area contributed by atoms with Crippen LogP contribution in [-0.2, 0) is 11.3 Å². The Morgan fingerprint density at radius 2 is 1.95 bits per heavy atom. The smallest absolute Gasteiger partial charge is 0.244 e. The first kappa shape index (κ1) is 13.1. The van der Waals surface area contributed by atoms with E-state index in [4.69, 9.17) is 0 Å². The molecule has 0 bridgehead atoms. The highest BCUT2D eigenvalue weighted by Gasteiger charge is 2.20. The SMILES string of the molecule is CCN1CCN(C(=O)Cn2ncc3ccccc32)CC1. The van der Waals surface area contributed by atoms with Gasteiger partial charge in [-0.05, 0) is 12.6 Å². The lowest BCUT2D eigenvalue weighted by atomic mass is 10.2. The molecule has 0 atom stereocenters. The summed E-state index contributed by atoms with van der Waals surface area (Å²) in [6.07, 6.45) is 1.82. The van der Waals surface area contributed by atoms with Crippen LogP contribution in [0.4, 0.5) is 0 Å². The van der Waals surface area contributed by atoms with Crippen LogP contribution in [0.1, 0.15) is 6.92 Å². The standard InChI is InChI=1S/C15H20N4O/c1-2-17-7-9-18(10-8-17)15(20)12-19-14-6-4-3-5-13(14)11-16-19/h3-6,11H,2,7-10,12H2,1H3. The first-order valence-electron chi connectivity index (χ1n) is 7.18. The number of hydrogen-bond donors (Lipinski definition) is 0. The number of likely N-dealkylation sites (N-methyl/N-ethyl adjacent to an activating group) is 1. The predicted molar refractivity (Wildman–Crippen MR) is 78.4 cm³/mol. The molecule has 1 fully saturated rings. The Hall–Kier alpha value is -1.88. The van der Waals surface area contributed by atoms with E-state index in [-0.39, 0.29) is 5.91 Å². The normalized spacial score (nSPS) is 16.8. The van der Waals surface area contributed by atoms with Crippen molar-refractivity contribution in [2.75, 3.05) is 32.7 Å². The molecule has 0 saturated carbocycles. The fourth-order valence-corrected chi connectivity index (χ4v) is 2.69. The van der Waals surface area contributed by atoms with Crippen molar-refractivity contribution in [3.05, 3.63) is 30.5 Å². The molecule has 0 aliphatic carbocycles. The van der Waals surface area contributed by atoms with Gasteiger partial charge in [0.2, 0.25) is 5.91 Å². The van der Waals surface area contributed by atoms with Crippen LogP contribution in [0.25, 0.3) is 10.9 Å². The van der Waals surface area contributed by atoms with Crippen molar-refractivity contribution < 1.29 is 4.79 Å². The molecule has 1 aliphatic heterocycles. The van der Waals surface area contributed by atoms with Gasteiger partial charge in [0.25, 0.3) is 0 Å². The van der Waals surface area contributed by atoms with Crippen LogP contribution < -0.4 is 0 Å². The van der Waals surface area contributed by atoms with Gasteiger partial charge in [-0.25, -0.2) is 0 Å².